The van der Waals surface area contributed by atoms with Crippen LogP contribution in [0.4, 0.5) is 5.69 Å². The first kappa shape index (κ1) is 28.0. The summed E-state index contributed by atoms with van der Waals surface area (Å²) in [7, 11) is 0. The average Bonchev–Trinajstić information content (AvgIpc) is 3.37. The van der Waals surface area contributed by atoms with Gasteiger partial charge in [0.25, 0.3) is 5.69 Å². The third kappa shape index (κ3) is 7.11. The molecule has 1 heterocycles. The van der Waals surface area contributed by atoms with Gasteiger partial charge in [-0.1, -0.05) is 85.8 Å². The monoisotopic (exact) mass is 543 g/mol. The number of nitrogens with one attached hydrogen (secondary N) is 1. The Balaban J connectivity index is 1.76. The third-order valence-corrected chi connectivity index (χ3v) is 7.69. The number of carbonyl (C=O) groups is 1. The first-order valence-corrected chi connectivity index (χ1v) is 14.1. The van der Waals surface area contributed by atoms with Crippen molar-refractivity contribution >= 4 is 23.4 Å². The van der Waals surface area contributed by atoms with E-state index in [1.165, 1.54) is 29.5 Å². The van der Waals surface area contributed by atoms with Gasteiger partial charge >= 0.3 is 0 Å². The van der Waals surface area contributed by atoms with Crippen molar-refractivity contribution in [2.75, 3.05) is 0 Å². The summed E-state index contributed by atoms with van der Waals surface area (Å²) < 4.78 is 1.91. The SMILES string of the molecule is CCC(CC)C(=O)NC(Cc1ccccc1)c1nnc(SCc2cccc(C)c2)n1-c1ccc([N+](=O)[O-])cc1. The van der Waals surface area contributed by atoms with Gasteiger partial charge in [-0.3, -0.25) is 19.5 Å². The van der Waals surface area contributed by atoms with Crippen molar-refractivity contribution in [2.24, 2.45) is 5.92 Å². The van der Waals surface area contributed by atoms with Gasteiger partial charge in [-0.25, -0.2) is 0 Å². The molecule has 1 unspecified atom stereocenters. The predicted molar refractivity (Wildman–Crippen MR) is 154 cm³/mol. The summed E-state index contributed by atoms with van der Waals surface area (Å²) in [5.41, 5.74) is 4.09. The van der Waals surface area contributed by atoms with Crippen LogP contribution in [0, 0.1) is 23.0 Å². The second-order valence-corrected chi connectivity index (χ2v) is 10.4. The van der Waals surface area contributed by atoms with Gasteiger partial charge in [0.15, 0.2) is 11.0 Å². The first-order chi connectivity index (χ1) is 18.9. The van der Waals surface area contributed by atoms with Crippen molar-refractivity contribution in [2.45, 2.75) is 57.0 Å². The Morgan fingerprint density at radius 3 is 2.31 bits per heavy atom. The highest BCUT2D eigenvalue weighted by atomic mass is 32.2. The molecule has 4 rings (SSSR count). The van der Waals surface area contributed by atoms with Gasteiger partial charge in [-0.2, -0.15) is 0 Å². The van der Waals surface area contributed by atoms with Gasteiger partial charge < -0.3 is 5.32 Å². The summed E-state index contributed by atoms with van der Waals surface area (Å²) in [6.45, 7) is 6.08. The number of amides is 1. The zero-order chi connectivity index (χ0) is 27.8. The van der Waals surface area contributed by atoms with E-state index in [4.69, 9.17) is 0 Å². The van der Waals surface area contributed by atoms with Crippen LogP contribution in [0.25, 0.3) is 5.69 Å². The summed E-state index contributed by atoms with van der Waals surface area (Å²) in [4.78, 5) is 24.1. The maximum Gasteiger partial charge on any atom is 0.269 e. The van der Waals surface area contributed by atoms with Crippen LogP contribution < -0.4 is 5.32 Å². The number of rotatable bonds is 12. The Kier molecular flexibility index (Phi) is 9.49. The summed E-state index contributed by atoms with van der Waals surface area (Å²) in [5, 5.41) is 24.3. The minimum atomic E-state index is -0.448. The topological polar surface area (TPSA) is 103 Å². The van der Waals surface area contributed by atoms with Crippen LogP contribution in [-0.4, -0.2) is 25.6 Å². The fourth-order valence-corrected chi connectivity index (χ4v) is 5.42. The molecule has 3 aromatic carbocycles. The van der Waals surface area contributed by atoms with Crippen LogP contribution in [0.2, 0.25) is 0 Å². The zero-order valence-electron chi connectivity index (χ0n) is 22.4. The minimum absolute atomic E-state index is 0.00482. The Morgan fingerprint density at radius 2 is 1.67 bits per heavy atom. The second-order valence-electron chi connectivity index (χ2n) is 9.49. The van der Waals surface area contributed by atoms with Crippen molar-refractivity contribution < 1.29 is 9.72 Å². The molecule has 4 aromatic rings. The molecule has 0 fully saturated rings. The van der Waals surface area contributed by atoms with Crippen molar-refractivity contribution in [3.8, 4) is 5.69 Å². The number of benzene rings is 3. The second kappa shape index (κ2) is 13.2. The van der Waals surface area contributed by atoms with Crippen LogP contribution in [-0.2, 0) is 17.0 Å². The molecule has 1 N–H and O–H groups in total. The highest BCUT2D eigenvalue weighted by Gasteiger charge is 2.27. The molecule has 0 aliphatic rings. The molecule has 0 saturated heterocycles. The summed E-state index contributed by atoms with van der Waals surface area (Å²) in [6, 6.07) is 24.1. The number of hydrogen-bond acceptors (Lipinski definition) is 6. The number of hydrogen-bond donors (Lipinski definition) is 1. The van der Waals surface area contributed by atoms with Crippen molar-refractivity contribution in [3.63, 3.8) is 0 Å². The highest BCUT2D eigenvalue weighted by molar-refractivity contribution is 7.98. The smallest absolute Gasteiger partial charge is 0.269 e. The molecule has 1 atom stereocenters. The number of nitro groups is 1. The fourth-order valence-electron chi connectivity index (χ4n) is 4.52. The van der Waals surface area contributed by atoms with Crippen LogP contribution >= 0.6 is 11.8 Å². The number of nitro benzene ring substituents is 1. The largest absolute Gasteiger partial charge is 0.345 e. The molecule has 0 bridgehead atoms. The molecule has 9 heteroatoms. The lowest BCUT2D eigenvalue weighted by atomic mass is 10.00. The summed E-state index contributed by atoms with van der Waals surface area (Å²) in [6.07, 6.45) is 2.01. The predicted octanol–water partition coefficient (Wildman–Crippen LogP) is 6.61. The van der Waals surface area contributed by atoms with Gasteiger partial charge in [-0.05, 0) is 49.4 Å². The van der Waals surface area contributed by atoms with E-state index in [2.05, 4.69) is 40.6 Å². The molecule has 1 amide bonds. The van der Waals surface area contributed by atoms with E-state index >= 15 is 0 Å². The van der Waals surface area contributed by atoms with Crippen molar-refractivity contribution in [3.05, 3.63) is 111 Å². The van der Waals surface area contributed by atoms with Gasteiger partial charge in [0, 0.05) is 29.5 Å². The number of nitrogens with zero attached hydrogens (tertiary/aromatic N) is 4. The Hall–Kier alpha value is -3.98. The van der Waals surface area contributed by atoms with Crippen molar-refractivity contribution in [1.29, 1.82) is 0 Å². The highest BCUT2D eigenvalue weighted by Crippen LogP contribution is 2.30. The van der Waals surface area contributed by atoms with E-state index in [9.17, 15) is 14.9 Å². The van der Waals surface area contributed by atoms with Crippen LogP contribution in [0.1, 0.15) is 55.2 Å². The molecule has 0 spiro atoms. The van der Waals surface area contributed by atoms with E-state index in [1.54, 1.807) is 12.1 Å². The van der Waals surface area contributed by atoms with Gasteiger partial charge in [0.1, 0.15) is 0 Å². The average molecular weight is 544 g/mol. The van der Waals surface area contributed by atoms with Gasteiger partial charge in [0.05, 0.1) is 11.0 Å². The normalized spacial score (nSPS) is 11.9. The number of aryl methyl sites for hydroxylation is 1. The van der Waals surface area contributed by atoms with Gasteiger partial charge in [0.2, 0.25) is 5.91 Å². The minimum Gasteiger partial charge on any atom is -0.345 e. The maximum absolute atomic E-state index is 13.2. The molecule has 0 aliphatic carbocycles. The van der Waals surface area contributed by atoms with E-state index in [-0.39, 0.29) is 17.5 Å². The molecule has 0 saturated carbocycles. The molecule has 202 valence electrons. The first-order valence-electron chi connectivity index (χ1n) is 13.1. The Labute approximate surface area is 233 Å². The fraction of sp³-hybridized carbons (Fsp3) is 0.300. The summed E-state index contributed by atoms with van der Waals surface area (Å²) >= 11 is 1.54. The van der Waals surface area contributed by atoms with Crippen LogP contribution in [0.5, 0.6) is 0 Å². The molecular formula is C30H33N5O3S. The molecular weight excluding hydrogens is 510 g/mol. The summed E-state index contributed by atoms with van der Waals surface area (Å²) in [5.74, 6) is 1.14. The molecule has 39 heavy (non-hydrogen) atoms. The van der Waals surface area contributed by atoms with E-state index in [0.717, 1.165) is 24.0 Å². The lowest BCUT2D eigenvalue weighted by molar-refractivity contribution is -0.384. The quantitative estimate of drug-likeness (QED) is 0.122. The van der Waals surface area contributed by atoms with Crippen LogP contribution in [0.3, 0.4) is 0 Å². The molecule has 0 aliphatic heterocycles. The Morgan fingerprint density at radius 1 is 0.974 bits per heavy atom. The number of non-ortho nitro benzene ring substituents is 1. The lowest BCUT2D eigenvalue weighted by Crippen LogP contribution is -2.36. The van der Waals surface area contributed by atoms with Crippen LogP contribution in [0.15, 0.2) is 84.0 Å². The maximum atomic E-state index is 13.2. The number of carbonyl (C=O) groups excluding carboxylic acids is 1. The van der Waals surface area contributed by atoms with Gasteiger partial charge in [-0.15, -0.1) is 10.2 Å². The van der Waals surface area contributed by atoms with E-state index in [0.29, 0.717) is 28.8 Å². The number of aromatic nitrogens is 3. The lowest BCUT2D eigenvalue weighted by Gasteiger charge is -2.22. The molecule has 8 nitrogen and oxygen atoms in total. The van der Waals surface area contributed by atoms with Crippen molar-refractivity contribution in [1.82, 2.24) is 20.1 Å². The molecule has 1 aromatic heterocycles. The third-order valence-electron chi connectivity index (χ3n) is 6.69. The standard InChI is InChI=1S/C30H33N5O3S/c1-4-24(5-2)29(36)31-27(19-22-11-7-6-8-12-22)28-32-33-30(39-20-23-13-9-10-21(3)18-23)34(28)25-14-16-26(17-15-25)35(37)38/h6-18,24,27H,4-5,19-20H2,1-3H3,(H,31,36). The Bertz CT molecular complexity index is 1400. The van der Waals surface area contributed by atoms with E-state index in [1.807, 2.05) is 54.8 Å². The number of thioether (sulfide) groups is 1. The van der Waals surface area contributed by atoms with E-state index < -0.39 is 11.0 Å². The zero-order valence-corrected chi connectivity index (χ0v) is 23.2. The molecule has 0 radical (unpaired) electrons.